The Balaban J connectivity index is 1.98. The Hall–Kier alpha value is -0.290. The second kappa shape index (κ2) is 6.75. The zero-order chi connectivity index (χ0) is 13.0. The van der Waals surface area contributed by atoms with E-state index in [2.05, 4.69) is 32.8 Å². The minimum atomic E-state index is 0.570. The van der Waals surface area contributed by atoms with Crippen LogP contribution in [0, 0.1) is 0 Å². The van der Waals surface area contributed by atoms with Crippen molar-refractivity contribution in [2.45, 2.75) is 56.5 Å². The first-order chi connectivity index (χ1) is 8.70. The van der Waals surface area contributed by atoms with Crippen LogP contribution < -0.4 is 5.73 Å². The number of hydrogen-bond acceptors (Lipinski definition) is 4. The Morgan fingerprint density at radius 2 is 2.00 bits per heavy atom. The standard InChI is InChI=1S/C13H20BrN3S/c1-2-10-12(14)13(15)17-11(16-10)8-18-9-6-4-3-5-7-9/h9H,2-8H2,1H3,(H2,15,16,17). The van der Waals surface area contributed by atoms with Crippen LogP contribution in [0.1, 0.15) is 50.5 Å². The fourth-order valence-electron chi connectivity index (χ4n) is 2.29. The Morgan fingerprint density at radius 1 is 1.28 bits per heavy atom. The molecule has 18 heavy (non-hydrogen) atoms. The highest BCUT2D eigenvalue weighted by atomic mass is 79.9. The monoisotopic (exact) mass is 329 g/mol. The molecule has 1 aliphatic rings. The number of hydrogen-bond donors (Lipinski definition) is 1. The number of halogens is 1. The van der Waals surface area contributed by atoms with Gasteiger partial charge < -0.3 is 5.73 Å². The van der Waals surface area contributed by atoms with Gasteiger partial charge in [0.05, 0.1) is 15.9 Å². The summed E-state index contributed by atoms with van der Waals surface area (Å²) in [6.45, 7) is 2.09. The van der Waals surface area contributed by atoms with Crippen LogP contribution in [0.3, 0.4) is 0 Å². The first kappa shape index (κ1) is 14.1. The lowest BCUT2D eigenvalue weighted by molar-refractivity contribution is 0.516. The van der Waals surface area contributed by atoms with Crippen molar-refractivity contribution in [1.82, 2.24) is 9.97 Å². The topological polar surface area (TPSA) is 51.8 Å². The SMILES string of the molecule is CCc1nc(CSC2CCCCC2)nc(N)c1Br. The molecule has 1 saturated carbocycles. The largest absolute Gasteiger partial charge is 0.383 e. The molecule has 0 saturated heterocycles. The molecule has 0 aromatic carbocycles. The number of rotatable bonds is 4. The Labute approximate surface area is 121 Å². The molecule has 5 heteroatoms. The Morgan fingerprint density at radius 3 is 2.67 bits per heavy atom. The maximum absolute atomic E-state index is 5.90. The minimum Gasteiger partial charge on any atom is -0.383 e. The van der Waals surface area contributed by atoms with Crippen LogP contribution in [-0.4, -0.2) is 15.2 Å². The number of nitrogens with zero attached hydrogens (tertiary/aromatic N) is 2. The van der Waals surface area contributed by atoms with E-state index in [9.17, 15) is 0 Å². The second-order valence-corrected chi connectivity index (χ2v) is 6.79. The number of aromatic nitrogens is 2. The van der Waals surface area contributed by atoms with Crippen LogP contribution in [0.4, 0.5) is 5.82 Å². The summed E-state index contributed by atoms with van der Waals surface area (Å²) in [4.78, 5) is 8.94. The first-order valence-electron chi connectivity index (χ1n) is 6.63. The van der Waals surface area contributed by atoms with E-state index >= 15 is 0 Å². The van der Waals surface area contributed by atoms with Crippen molar-refractivity contribution < 1.29 is 0 Å². The zero-order valence-corrected chi connectivity index (χ0v) is 13.2. The van der Waals surface area contributed by atoms with E-state index in [0.29, 0.717) is 5.82 Å². The van der Waals surface area contributed by atoms with Gasteiger partial charge in [-0.1, -0.05) is 26.2 Å². The van der Waals surface area contributed by atoms with Gasteiger partial charge in [0.1, 0.15) is 11.6 Å². The number of anilines is 1. The van der Waals surface area contributed by atoms with Gasteiger partial charge in [-0.2, -0.15) is 11.8 Å². The van der Waals surface area contributed by atoms with E-state index in [0.717, 1.165) is 33.4 Å². The summed E-state index contributed by atoms with van der Waals surface area (Å²) < 4.78 is 0.858. The molecule has 0 bridgehead atoms. The third kappa shape index (κ3) is 3.60. The van der Waals surface area contributed by atoms with Gasteiger partial charge in [0.2, 0.25) is 0 Å². The number of thioether (sulfide) groups is 1. The second-order valence-electron chi connectivity index (χ2n) is 4.71. The predicted molar refractivity (Wildman–Crippen MR) is 81.7 cm³/mol. The summed E-state index contributed by atoms with van der Waals surface area (Å²) in [5.41, 5.74) is 6.91. The van der Waals surface area contributed by atoms with Crippen molar-refractivity contribution in [2.75, 3.05) is 5.73 Å². The van der Waals surface area contributed by atoms with E-state index in [4.69, 9.17) is 5.73 Å². The molecule has 1 heterocycles. The fraction of sp³-hybridized carbons (Fsp3) is 0.692. The Kier molecular flexibility index (Phi) is 5.30. The first-order valence-corrected chi connectivity index (χ1v) is 8.47. The van der Waals surface area contributed by atoms with Gasteiger partial charge in [-0.25, -0.2) is 9.97 Å². The third-order valence-electron chi connectivity index (χ3n) is 3.33. The smallest absolute Gasteiger partial charge is 0.141 e. The Bertz CT molecular complexity index is 405. The molecule has 2 rings (SSSR count). The van der Waals surface area contributed by atoms with Crippen molar-refractivity contribution in [3.63, 3.8) is 0 Å². The molecule has 1 fully saturated rings. The molecular formula is C13H20BrN3S. The van der Waals surface area contributed by atoms with Gasteiger partial charge in [0, 0.05) is 5.25 Å². The van der Waals surface area contributed by atoms with Crippen molar-refractivity contribution in [3.05, 3.63) is 16.0 Å². The molecule has 0 amide bonds. The highest BCUT2D eigenvalue weighted by molar-refractivity contribution is 9.10. The van der Waals surface area contributed by atoms with Gasteiger partial charge >= 0.3 is 0 Å². The molecule has 0 spiro atoms. The molecule has 0 radical (unpaired) electrons. The molecular weight excluding hydrogens is 310 g/mol. The summed E-state index contributed by atoms with van der Waals surface area (Å²) in [6, 6.07) is 0. The third-order valence-corrected chi connectivity index (χ3v) is 5.56. The van der Waals surface area contributed by atoms with Crippen LogP contribution in [0.25, 0.3) is 0 Å². The van der Waals surface area contributed by atoms with E-state index in [1.807, 2.05) is 11.8 Å². The maximum Gasteiger partial charge on any atom is 0.141 e. The quantitative estimate of drug-likeness (QED) is 0.908. The van der Waals surface area contributed by atoms with Gasteiger partial charge in [-0.05, 0) is 35.2 Å². The van der Waals surface area contributed by atoms with E-state index in [-0.39, 0.29) is 0 Å². The number of nitrogens with two attached hydrogens (primary N) is 1. The average molecular weight is 330 g/mol. The van der Waals surface area contributed by atoms with Crippen LogP contribution in [0.5, 0.6) is 0 Å². The predicted octanol–water partition coefficient (Wildman–Crippen LogP) is 3.95. The lowest BCUT2D eigenvalue weighted by atomic mass is 10.0. The van der Waals surface area contributed by atoms with Crippen molar-refractivity contribution >= 4 is 33.5 Å². The molecule has 0 atom stereocenters. The highest BCUT2D eigenvalue weighted by Crippen LogP contribution is 2.30. The number of nitrogen functional groups attached to an aromatic ring is 1. The van der Waals surface area contributed by atoms with E-state index in [1.54, 1.807) is 0 Å². The molecule has 1 aromatic rings. The minimum absolute atomic E-state index is 0.570. The van der Waals surface area contributed by atoms with Gasteiger partial charge in [0.25, 0.3) is 0 Å². The molecule has 3 nitrogen and oxygen atoms in total. The van der Waals surface area contributed by atoms with Gasteiger partial charge in [-0.3, -0.25) is 0 Å². The van der Waals surface area contributed by atoms with Gasteiger partial charge in [-0.15, -0.1) is 0 Å². The molecule has 1 aromatic heterocycles. The summed E-state index contributed by atoms with van der Waals surface area (Å²) in [5.74, 6) is 2.33. The van der Waals surface area contributed by atoms with Gasteiger partial charge in [0.15, 0.2) is 0 Å². The van der Waals surface area contributed by atoms with Crippen LogP contribution in [0.15, 0.2) is 4.47 Å². The lowest BCUT2D eigenvalue weighted by Crippen LogP contribution is -2.10. The van der Waals surface area contributed by atoms with Crippen molar-refractivity contribution in [3.8, 4) is 0 Å². The maximum atomic E-state index is 5.90. The normalized spacial score (nSPS) is 17.0. The highest BCUT2D eigenvalue weighted by Gasteiger charge is 2.15. The van der Waals surface area contributed by atoms with E-state index < -0.39 is 0 Å². The lowest BCUT2D eigenvalue weighted by Gasteiger charge is -2.20. The summed E-state index contributed by atoms with van der Waals surface area (Å²) in [6.07, 6.45) is 7.73. The van der Waals surface area contributed by atoms with Crippen molar-refractivity contribution in [2.24, 2.45) is 0 Å². The summed E-state index contributed by atoms with van der Waals surface area (Å²) in [5, 5.41) is 0.789. The van der Waals surface area contributed by atoms with Crippen molar-refractivity contribution in [1.29, 1.82) is 0 Å². The molecule has 2 N–H and O–H groups in total. The average Bonchev–Trinajstić information content (AvgIpc) is 2.41. The van der Waals surface area contributed by atoms with E-state index in [1.165, 1.54) is 32.1 Å². The number of aryl methyl sites for hydroxylation is 1. The zero-order valence-electron chi connectivity index (χ0n) is 10.8. The fourth-order valence-corrected chi connectivity index (χ4v) is 3.93. The summed E-state index contributed by atoms with van der Waals surface area (Å²) in [7, 11) is 0. The molecule has 0 unspecified atom stereocenters. The molecule has 100 valence electrons. The molecule has 1 aliphatic carbocycles. The van der Waals surface area contributed by atoms with Crippen LogP contribution in [0.2, 0.25) is 0 Å². The molecule has 0 aliphatic heterocycles. The van der Waals surface area contributed by atoms with Crippen LogP contribution in [-0.2, 0) is 12.2 Å². The summed E-state index contributed by atoms with van der Waals surface area (Å²) >= 11 is 5.43. The van der Waals surface area contributed by atoms with Crippen LogP contribution >= 0.6 is 27.7 Å².